The fourth-order valence-electron chi connectivity index (χ4n) is 1.74. The number of hydrogen-bond acceptors (Lipinski definition) is 4. The summed E-state index contributed by atoms with van der Waals surface area (Å²) in [6.07, 6.45) is 3.88. The summed E-state index contributed by atoms with van der Waals surface area (Å²) in [5, 5.41) is 10.3. The first-order valence-corrected chi connectivity index (χ1v) is 6.17. The number of nitrogens with zero attached hydrogens (tertiary/aromatic N) is 3. The van der Waals surface area contributed by atoms with Gasteiger partial charge >= 0.3 is 0 Å². The lowest BCUT2D eigenvalue weighted by atomic mass is 10.1. The minimum atomic E-state index is -0.529. The Kier molecular flexibility index (Phi) is 4.63. The zero-order chi connectivity index (χ0) is 13.5. The van der Waals surface area contributed by atoms with Gasteiger partial charge in [-0.05, 0) is 12.0 Å². The van der Waals surface area contributed by atoms with Gasteiger partial charge in [0.05, 0.1) is 18.8 Å². The molecule has 6 nitrogen and oxygen atoms in total. The first kappa shape index (κ1) is 13.2. The Morgan fingerprint density at radius 2 is 2.16 bits per heavy atom. The maximum Gasteiger partial charge on any atom is 0.237 e. The molecule has 0 spiro atoms. The molecule has 1 heterocycles. The Hall–Kier alpha value is -2.21. The van der Waals surface area contributed by atoms with Crippen molar-refractivity contribution in [3.63, 3.8) is 0 Å². The van der Waals surface area contributed by atoms with Gasteiger partial charge in [-0.3, -0.25) is 9.48 Å². The normalized spacial score (nSPS) is 12.1. The van der Waals surface area contributed by atoms with Crippen LogP contribution in [0.15, 0.2) is 42.7 Å². The number of amides is 1. The highest BCUT2D eigenvalue weighted by molar-refractivity contribution is 5.81. The lowest BCUT2D eigenvalue weighted by Gasteiger charge is -2.12. The van der Waals surface area contributed by atoms with E-state index in [0.29, 0.717) is 19.5 Å². The molecular formula is C13H17N5O. The van der Waals surface area contributed by atoms with Crippen molar-refractivity contribution in [2.45, 2.75) is 19.0 Å². The predicted molar refractivity (Wildman–Crippen MR) is 71.2 cm³/mol. The molecule has 1 atom stereocenters. The van der Waals surface area contributed by atoms with E-state index in [-0.39, 0.29) is 5.91 Å². The van der Waals surface area contributed by atoms with Gasteiger partial charge < -0.3 is 11.1 Å². The summed E-state index contributed by atoms with van der Waals surface area (Å²) < 4.78 is 1.66. The molecule has 0 aliphatic heterocycles. The van der Waals surface area contributed by atoms with E-state index in [0.717, 1.165) is 5.56 Å². The summed E-state index contributed by atoms with van der Waals surface area (Å²) in [6.45, 7) is 1.08. The summed E-state index contributed by atoms with van der Waals surface area (Å²) in [4.78, 5) is 11.8. The highest BCUT2D eigenvalue weighted by atomic mass is 16.2. The molecule has 6 heteroatoms. The molecule has 0 aliphatic carbocycles. The third-order valence-corrected chi connectivity index (χ3v) is 2.75. The van der Waals surface area contributed by atoms with Crippen LogP contribution in [0.1, 0.15) is 5.56 Å². The van der Waals surface area contributed by atoms with E-state index in [4.69, 9.17) is 5.73 Å². The molecule has 1 aromatic heterocycles. The Bertz CT molecular complexity index is 497. The van der Waals surface area contributed by atoms with Gasteiger partial charge in [0.15, 0.2) is 0 Å². The van der Waals surface area contributed by atoms with Crippen molar-refractivity contribution >= 4 is 5.91 Å². The standard InChI is InChI=1S/C13H17N5O/c14-12(10-11-4-2-1-3-5-11)13(19)15-6-8-18-9-7-16-17-18/h1-5,7,9,12H,6,8,10,14H2,(H,15,19)/t12-/m0/s1. The van der Waals surface area contributed by atoms with Crippen LogP contribution in [-0.2, 0) is 17.8 Å². The summed E-state index contributed by atoms with van der Waals surface area (Å²) in [7, 11) is 0. The summed E-state index contributed by atoms with van der Waals surface area (Å²) in [5.74, 6) is -0.149. The van der Waals surface area contributed by atoms with E-state index in [1.807, 2.05) is 30.3 Å². The van der Waals surface area contributed by atoms with Gasteiger partial charge in [-0.15, -0.1) is 5.10 Å². The highest BCUT2D eigenvalue weighted by Crippen LogP contribution is 2.01. The molecule has 0 saturated carbocycles. The number of benzene rings is 1. The van der Waals surface area contributed by atoms with Gasteiger partial charge in [0, 0.05) is 12.7 Å². The molecule has 0 bridgehead atoms. The van der Waals surface area contributed by atoms with Gasteiger partial charge in [-0.25, -0.2) is 0 Å². The number of carbonyl (C=O) groups excluding carboxylic acids is 1. The molecule has 19 heavy (non-hydrogen) atoms. The van der Waals surface area contributed by atoms with Gasteiger partial charge in [-0.2, -0.15) is 0 Å². The van der Waals surface area contributed by atoms with Crippen molar-refractivity contribution < 1.29 is 4.79 Å². The number of carbonyl (C=O) groups is 1. The maximum atomic E-state index is 11.8. The van der Waals surface area contributed by atoms with E-state index in [1.54, 1.807) is 17.1 Å². The van der Waals surface area contributed by atoms with Crippen LogP contribution >= 0.6 is 0 Å². The number of hydrogen-bond donors (Lipinski definition) is 2. The first-order valence-electron chi connectivity index (χ1n) is 6.17. The Morgan fingerprint density at radius 3 is 2.84 bits per heavy atom. The van der Waals surface area contributed by atoms with Gasteiger partial charge in [0.1, 0.15) is 0 Å². The van der Waals surface area contributed by atoms with Crippen molar-refractivity contribution in [2.24, 2.45) is 5.73 Å². The minimum Gasteiger partial charge on any atom is -0.353 e. The average molecular weight is 259 g/mol. The molecule has 0 fully saturated rings. The van der Waals surface area contributed by atoms with E-state index in [2.05, 4.69) is 15.6 Å². The van der Waals surface area contributed by atoms with Crippen LogP contribution in [-0.4, -0.2) is 33.5 Å². The van der Waals surface area contributed by atoms with Crippen molar-refractivity contribution in [2.75, 3.05) is 6.54 Å². The van der Waals surface area contributed by atoms with Crippen LogP contribution < -0.4 is 11.1 Å². The summed E-state index contributed by atoms with van der Waals surface area (Å²) in [6, 6.07) is 9.20. The quantitative estimate of drug-likeness (QED) is 0.762. The Balaban J connectivity index is 1.73. The van der Waals surface area contributed by atoms with Crippen LogP contribution in [0.3, 0.4) is 0 Å². The van der Waals surface area contributed by atoms with Gasteiger partial charge in [0.2, 0.25) is 5.91 Å². The van der Waals surface area contributed by atoms with Crippen molar-refractivity contribution in [3.8, 4) is 0 Å². The first-order chi connectivity index (χ1) is 9.25. The smallest absolute Gasteiger partial charge is 0.237 e. The predicted octanol–water partition coefficient (Wildman–Crippen LogP) is -0.0357. The lowest BCUT2D eigenvalue weighted by molar-refractivity contribution is -0.122. The van der Waals surface area contributed by atoms with Crippen LogP contribution in [0.2, 0.25) is 0 Å². The van der Waals surface area contributed by atoms with E-state index >= 15 is 0 Å². The zero-order valence-electron chi connectivity index (χ0n) is 10.6. The molecule has 0 unspecified atom stereocenters. The topological polar surface area (TPSA) is 85.8 Å². The van der Waals surface area contributed by atoms with Crippen LogP contribution in [0.4, 0.5) is 0 Å². The van der Waals surface area contributed by atoms with Crippen molar-refractivity contribution in [3.05, 3.63) is 48.3 Å². The van der Waals surface area contributed by atoms with Crippen LogP contribution in [0, 0.1) is 0 Å². The molecule has 1 amide bonds. The minimum absolute atomic E-state index is 0.149. The zero-order valence-corrected chi connectivity index (χ0v) is 10.6. The molecule has 3 N–H and O–H groups in total. The fraction of sp³-hybridized carbons (Fsp3) is 0.308. The van der Waals surface area contributed by atoms with Crippen molar-refractivity contribution in [1.82, 2.24) is 20.3 Å². The van der Waals surface area contributed by atoms with E-state index in [9.17, 15) is 4.79 Å². The number of aromatic nitrogens is 3. The highest BCUT2D eigenvalue weighted by Gasteiger charge is 2.13. The second-order valence-electron chi connectivity index (χ2n) is 4.25. The molecule has 0 aliphatic rings. The van der Waals surface area contributed by atoms with Gasteiger partial charge in [0.25, 0.3) is 0 Å². The van der Waals surface area contributed by atoms with Gasteiger partial charge in [-0.1, -0.05) is 35.5 Å². The molecule has 0 radical (unpaired) electrons. The Labute approximate surface area is 111 Å². The summed E-state index contributed by atoms with van der Waals surface area (Å²) in [5.41, 5.74) is 6.92. The summed E-state index contributed by atoms with van der Waals surface area (Å²) >= 11 is 0. The third kappa shape index (κ3) is 4.18. The molecule has 1 aromatic carbocycles. The number of nitrogens with two attached hydrogens (primary N) is 1. The maximum absolute atomic E-state index is 11.8. The monoisotopic (exact) mass is 259 g/mol. The van der Waals surface area contributed by atoms with Crippen molar-refractivity contribution in [1.29, 1.82) is 0 Å². The average Bonchev–Trinajstić information content (AvgIpc) is 2.93. The largest absolute Gasteiger partial charge is 0.353 e. The number of rotatable bonds is 6. The van der Waals surface area contributed by atoms with E-state index in [1.165, 1.54) is 0 Å². The number of nitrogens with one attached hydrogen (secondary N) is 1. The molecule has 0 saturated heterocycles. The fourth-order valence-corrected chi connectivity index (χ4v) is 1.74. The van der Waals surface area contributed by atoms with Crippen LogP contribution in [0.25, 0.3) is 0 Å². The molecule has 100 valence electrons. The lowest BCUT2D eigenvalue weighted by Crippen LogP contribution is -2.43. The third-order valence-electron chi connectivity index (χ3n) is 2.75. The molecule has 2 aromatic rings. The van der Waals surface area contributed by atoms with E-state index < -0.39 is 6.04 Å². The second kappa shape index (κ2) is 6.65. The Morgan fingerprint density at radius 1 is 1.37 bits per heavy atom. The SMILES string of the molecule is N[C@@H](Cc1ccccc1)C(=O)NCCn1ccnn1. The molecular weight excluding hydrogens is 242 g/mol. The second-order valence-corrected chi connectivity index (χ2v) is 4.25. The van der Waals surface area contributed by atoms with Crippen LogP contribution in [0.5, 0.6) is 0 Å². The molecule has 2 rings (SSSR count).